The molecule has 0 unspecified atom stereocenters. The molecule has 0 bridgehead atoms. The van der Waals surface area contributed by atoms with Gasteiger partial charge in [0.05, 0.1) is 23.6 Å². The van der Waals surface area contributed by atoms with Crippen LogP contribution in [-0.4, -0.2) is 40.6 Å². The highest BCUT2D eigenvalue weighted by Crippen LogP contribution is 2.30. The summed E-state index contributed by atoms with van der Waals surface area (Å²) in [7, 11) is -3.50. The normalized spacial score (nSPS) is 15.7. The molecule has 4 rings (SSSR count). The number of aromatic nitrogens is 3. The molecule has 0 atom stereocenters. The van der Waals surface area contributed by atoms with E-state index in [2.05, 4.69) is 17.2 Å². The van der Waals surface area contributed by atoms with Crippen LogP contribution < -0.4 is 0 Å². The topological polar surface area (TPSA) is 68.1 Å². The standard InChI is InChI=1S/C21H26N4O2S2/c1-15-19(28-21(22-15)18-10-6-4-7-11-18)14-25-17(3)20(16(2)23-25)29(26,27)24-12-8-5-9-13-24/h4,6-7,10-11H,5,8-9,12-14H2,1-3H3. The van der Waals surface area contributed by atoms with Gasteiger partial charge in [0, 0.05) is 23.5 Å². The van der Waals surface area contributed by atoms with E-state index in [1.807, 2.05) is 32.0 Å². The van der Waals surface area contributed by atoms with Gasteiger partial charge in [0.1, 0.15) is 9.90 Å². The maximum Gasteiger partial charge on any atom is 0.246 e. The third-order valence-electron chi connectivity index (χ3n) is 5.43. The highest BCUT2D eigenvalue weighted by molar-refractivity contribution is 7.89. The zero-order valence-corrected chi connectivity index (χ0v) is 18.7. The van der Waals surface area contributed by atoms with Gasteiger partial charge in [-0.25, -0.2) is 13.4 Å². The molecule has 154 valence electrons. The first-order valence-corrected chi connectivity index (χ1v) is 12.2. The molecule has 1 saturated heterocycles. The quantitative estimate of drug-likeness (QED) is 0.610. The van der Waals surface area contributed by atoms with Crippen molar-refractivity contribution in [2.45, 2.75) is 51.5 Å². The highest BCUT2D eigenvalue weighted by Gasteiger charge is 2.31. The van der Waals surface area contributed by atoms with Crippen LogP contribution in [0.25, 0.3) is 10.6 Å². The van der Waals surface area contributed by atoms with Crippen LogP contribution in [0.5, 0.6) is 0 Å². The second-order valence-corrected chi connectivity index (χ2v) is 10.5. The zero-order valence-electron chi connectivity index (χ0n) is 17.1. The predicted molar refractivity (Wildman–Crippen MR) is 116 cm³/mol. The fourth-order valence-electron chi connectivity index (χ4n) is 3.86. The molecule has 0 N–H and O–H groups in total. The van der Waals surface area contributed by atoms with Crippen molar-refractivity contribution in [1.82, 2.24) is 19.1 Å². The molecule has 8 heteroatoms. The number of piperidine rings is 1. The fourth-order valence-corrected chi connectivity index (χ4v) is 6.80. The van der Waals surface area contributed by atoms with Gasteiger partial charge in [0.25, 0.3) is 0 Å². The lowest BCUT2D eigenvalue weighted by Gasteiger charge is -2.25. The maximum absolute atomic E-state index is 13.2. The van der Waals surface area contributed by atoms with Gasteiger partial charge in [-0.15, -0.1) is 11.3 Å². The molecule has 1 fully saturated rings. The van der Waals surface area contributed by atoms with E-state index < -0.39 is 10.0 Å². The largest absolute Gasteiger partial charge is 0.263 e. The number of sulfonamides is 1. The third kappa shape index (κ3) is 3.89. The van der Waals surface area contributed by atoms with Crippen LogP contribution in [0.4, 0.5) is 0 Å². The first-order chi connectivity index (χ1) is 13.9. The molecule has 1 aromatic carbocycles. The summed E-state index contributed by atoms with van der Waals surface area (Å²) < 4.78 is 29.8. The summed E-state index contributed by atoms with van der Waals surface area (Å²) in [5, 5.41) is 5.55. The molecule has 3 heterocycles. The minimum atomic E-state index is -3.50. The molecule has 0 amide bonds. The van der Waals surface area contributed by atoms with Gasteiger partial charge < -0.3 is 0 Å². The van der Waals surface area contributed by atoms with Crippen molar-refractivity contribution in [3.63, 3.8) is 0 Å². The second kappa shape index (κ2) is 8.01. The van der Waals surface area contributed by atoms with Gasteiger partial charge in [-0.3, -0.25) is 4.68 Å². The smallest absolute Gasteiger partial charge is 0.246 e. The summed E-state index contributed by atoms with van der Waals surface area (Å²) in [6.07, 6.45) is 2.94. The molecular formula is C21H26N4O2S2. The lowest BCUT2D eigenvalue weighted by atomic mass is 10.2. The van der Waals surface area contributed by atoms with Gasteiger partial charge in [-0.1, -0.05) is 36.8 Å². The number of rotatable bonds is 5. The van der Waals surface area contributed by atoms with Crippen molar-refractivity contribution >= 4 is 21.4 Å². The van der Waals surface area contributed by atoms with Gasteiger partial charge >= 0.3 is 0 Å². The number of thiazole rings is 1. The Balaban J connectivity index is 1.65. The Kier molecular flexibility index (Phi) is 5.59. The van der Waals surface area contributed by atoms with E-state index in [-0.39, 0.29) is 0 Å². The van der Waals surface area contributed by atoms with E-state index in [0.717, 1.165) is 40.4 Å². The number of nitrogens with zero attached hydrogens (tertiary/aromatic N) is 4. The molecule has 0 radical (unpaired) electrons. The minimum absolute atomic E-state index is 0.366. The van der Waals surface area contributed by atoms with Gasteiger partial charge in [-0.05, 0) is 33.6 Å². The molecule has 0 saturated carbocycles. The van der Waals surface area contributed by atoms with Crippen molar-refractivity contribution in [1.29, 1.82) is 0 Å². The Morgan fingerprint density at radius 2 is 1.69 bits per heavy atom. The monoisotopic (exact) mass is 430 g/mol. The van der Waals surface area contributed by atoms with Gasteiger partial charge in [0.15, 0.2) is 0 Å². The number of benzene rings is 1. The molecule has 3 aromatic rings. The molecule has 6 nitrogen and oxygen atoms in total. The number of hydrogen-bond donors (Lipinski definition) is 0. The average molecular weight is 431 g/mol. The highest BCUT2D eigenvalue weighted by atomic mass is 32.2. The molecule has 2 aromatic heterocycles. The Morgan fingerprint density at radius 3 is 2.38 bits per heavy atom. The molecule has 1 aliphatic heterocycles. The van der Waals surface area contributed by atoms with Gasteiger partial charge in [0.2, 0.25) is 10.0 Å². The summed E-state index contributed by atoms with van der Waals surface area (Å²) in [5.74, 6) is 0. The third-order valence-corrected chi connectivity index (χ3v) is 8.78. The summed E-state index contributed by atoms with van der Waals surface area (Å²) in [6.45, 7) is 7.36. The molecule has 0 aliphatic carbocycles. The molecule has 29 heavy (non-hydrogen) atoms. The Labute approximate surface area is 176 Å². The number of hydrogen-bond acceptors (Lipinski definition) is 5. The first kappa shape index (κ1) is 20.3. The van der Waals surface area contributed by atoms with Crippen molar-refractivity contribution in [3.8, 4) is 10.6 Å². The van der Waals surface area contributed by atoms with Crippen LogP contribution in [-0.2, 0) is 16.6 Å². The molecule has 0 spiro atoms. The van der Waals surface area contributed by atoms with Crippen molar-refractivity contribution in [3.05, 3.63) is 52.3 Å². The first-order valence-electron chi connectivity index (χ1n) is 9.94. The number of aryl methyl sites for hydroxylation is 2. The van der Waals surface area contributed by atoms with Crippen molar-refractivity contribution < 1.29 is 8.42 Å². The minimum Gasteiger partial charge on any atom is -0.263 e. The SMILES string of the molecule is Cc1nc(-c2ccccc2)sc1Cn1nc(C)c(S(=O)(=O)N2CCCCC2)c1C. The fraction of sp³-hybridized carbons (Fsp3) is 0.429. The van der Waals surface area contributed by atoms with E-state index in [9.17, 15) is 8.42 Å². The van der Waals surface area contributed by atoms with E-state index in [4.69, 9.17) is 4.98 Å². The lowest BCUT2D eigenvalue weighted by molar-refractivity contribution is 0.346. The van der Waals surface area contributed by atoms with Crippen LogP contribution >= 0.6 is 11.3 Å². The van der Waals surface area contributed by atoms with Crippen LogP contribution in [0, 0.1) is 20.8 Å². The van der Waals surface area contributed by atoms with Crippen LogP contribution in [0.2, 0.25) is 0 Å². The average Bonchev–Trinajstić information content (AvgIpc) is 3.22. The van der Waals surface area contributed by atoms with Crippen LogP contribution in [0.15, 0.2) is 35.2 Å². The van der Waals surface area contributed by atoms with E-state index in [1.165, 1.54) is 0 Å². The predicted octanol–water partition coefficient (Wildman–Crippen LogP) is 4.15. The summed E-state index contributed by atoms with van der Waals surface area (Å²) in [6, 6.07) is 10.1. The van der Waals surface area contributed by atoms with Crippen LogP contribution in [0.1, 0.15) is 41.2 Å². The van der Waals surface area contributed by atoms with E-state index in [0.29, 0.717) is 35.9 Å². The van der Waals surface area contributed by atoms with Gasteiger partial charge in [-0.2, -0.15) is 9.40 Å². The maximum atomic E-state index is 13.2. The summed E-state index contributed by atoms with van der Waals surface area (Å²) >= 11 is 1.64. The zero-order chi connectivity index (χ0) is 20.6. The summed E-state index contributed by atoms with van der Waals surface area (Å²) in [5.41, 5.74) is 3.32. The molecular weight excluding hydrogens is 404 g/mol. The Bertz CT molecular complexity index is 1110. The van der Waals surface area contributed by atoms with Crippen molar-refractivity contribution in [2.75, 3.05) is 13.1 Å². The summed E-state index contributed by atoms with van der Waals surface area (Å²) in [4.78, 5) is 6.17. The van der Waals surface area contributed by atoms with Crippen molar-refractivity contribution in [2.24, 2.45) is 0 Å². The Hall–Kier alpha value is -2.03. The Morgan fingerprint density at radius 1 is 1.00 bits per heavy atom. The van der Waals surface area contributed by atoms with Crippen LogP contribution in [0.3, 0.4) is 0 Å². The molecule has 1 aliphatic rings. The van der Waals surface area contributed by atoms with E-state index in [1.54, 1.807) is 27.2 Å². The second-order valence-electron chi connectivity index (χ2n) is 7.52. The van der Waals surface area contributed by atoms with E-state index >= 15 is 0 Å². The lowest BCUT2D eigenvalue weighted by Crippen LogP contribution is -2.36.